The highest BCUT2D eigenvalue weighted by molar-refractivity contribution is 6.21. The Morgan fingerprint density at radius 2 is 1.33 bits per heavy atom. The Balaban J connectivity index is 1.19. The summed E-state index contributed by atoms with van der Waals surface area (Å²) in [5, 5.41) is 3.25. The molecule has 3 aromatic carbocycles. The Bertz CT molecular complexity index is 1450. The molecule has 0 bridgehead atoms. The zero-order valence-electron chi connectivity index (χ0n) is 21.7. The molecule has 39 heavy (non-hydrogen) atoms. The van der Waals surface area contributed by atoms with Gasteiger partial charge in [0.2, 0.25) is 0 Å². The minimum atomic E-state index is -1.44. The fourth-order valence-electron chi connectivity index (χ4n) is 6.13. The minimum Gasteiger partial charge on any atom is -0.449 e. The molecule has 1 saturated carbocycles. The highest BCUT2D eigenvalue weighted by atomic mass is 16.7. The number of amides is 3. The number of rotatable bonds is 5. The molecule has 8 heteroatoms. The van der Waals surface area contributed by atoms with Crippen LogP contribution < -0.4 is 5.32 Å². The van der Waals surface area contributed by atoms with Gasteiger partial charge in [-0.2, -0.15) is 0 Å². The summed E-state index contributed by atoms with van der Waals surface area (Å²) < 4.78 is 5.70. The maximum Gasteiger partial charge on any atom is 0.408 e. The van der Waals surface area contributed by atoms with Crippen LogP contribution in [0.2, 0.25) is 0 Å². The van der Waals surface area contributed by atoms with E-state index >= 15 is 0 Å². The Hall–Kier alpha value is -4.46. The van der Waals surface area contributed by atoms with Gasteiger partial charge in [0.05, 0.1) is 11.1 Å². The topological polar surface area (TPSA) is 102 Å². The Morgan fingerprint density at radius 1 is 0.821 bits per heavy atom. The lowest BCUT2D eigenvalue weighted by Gasteiger charge is -2.30. The molecule has 1 unspecified atom stereocenters. The smallest absolute Gasteiger partial charge is 0.408 e. The third-order valence-corrected chi connectivity index (χ3v) is 8.02. The van der Waals surface area contributed by atoms with Crippen molar-refractivity contribution in [3.05, 3.63) is 95.1 Å². The molecule has 3 aliphatic rings. The molecule has 198 valence electrons. The molecule has 1 atom stereocenters. The molecule has 1 aliphatic heterocycles. The lowest BCUT2D eigenvalue weighted by atomic mass is 9.88. The lowest BCUT2D eigenvalue weighted by Crippen LogP contribution is -2.56. The summed E-state index contributed by atoms with van der Waals surface area (Å²) in [4.78, 5) is 57.6. The zero-order chi connectivity index (χ0) is 27.4. The fourth-order valence-corrected chi connectivity index (χ4v) is 6.13. The SMILES string of the molecule is CC1(C)CCC(NC(=O)OCC2c3ccccc3-c3ccccc32)(C(=O)ON2C(=O)c3ccccc3C2=O)C1. The number of hydrogen-bond acceptors (Lipinski definition) is 6. The van der Waals surface area contributed by atoms with Crippen LogP contribution in [-0.4, -0.2) is 41.1 Å². The number of ether oxygens (including phenoxy) is 1. The van der Waals surface area contributed by atoms with E-state index in [2.05, 4.69) is 17.4 Å². The first-order valence-electron chi connectivity index (χ1n) is 13.0. The lowest BCUT2D eigenvalue weighted by molar-refractivity contribution is -0.176. The Kier molecular flexibility index (Phi) is 5.79. The van der Waals surface area contributed by atoms with Gasteiger partial charge >= 0.3 is 12.1 Å². The predicted molar refractivity (Wildman–Crippen MR) is 142 cm³/mol. The fraction of sp³-hybridized carbons (Fsp3) is 0.290. The van der Waals surface area contributed by atoms with Crippen LogP contribution in [0.4, 0.5) is 4.79 Å². The van der Waals surface area contributed by atoms with E-state index in [9.17, 15) is 19.2 Å². The molecule has 6 rings (SSSR count). The molecule has 1 N–H and O–H groups in total. The largest absolute Gasteiger partial charge is 0.449 e. The van der Waals surface area contributed by atoms with E-state index in [4.69, 9.17) is 9.57 Å². The van der Waals surface area contributed by atoms with Crippen LogP contribution in [0, 0.1) is 5.41 Å². The van der Waals surface area contributed by atoms with E-state index < -0.39 is 29.4 Å². The highest BCUT2D eigenvalue weighted by Crippen LogP contribution is 2.46. The van der Waals surface area contributed by atoms with Gasteiger partial charge in [0.25, 0.3) is 11.8 Å². The van der Waals surface area contributed by atoms with E-state index in [0.717, 1.165) is 22.3 Å². The van der Waals surface area contributed by atoms with E-state index in [1.165, 1.54) is 12.1 Å². The second-order valence-electron chi connectivity index (χ2n) is 11.2. The molecule has 0 spiro atoms. The number of carbonyl (C=O) groups is 4. The van der Waals surface area contributed by atoms with Crippen LogP contribution in [0.25, 0.3) is 11.1 Å². The van der Waals surface area contributed by atoms with Crippen molar-refractivity contribution in [3.63, 3.8) is 0 Å². The second-order valence-corrected chi connectivity index (χ2v) is 11.2. The van der Waals surface area contributed by atoms with Crippen LogP contribution in [0.1, 0.15) is 70.9 Å². The third kappa shape index (κ3) is 4.16. The summed E-state index contributed by atoms with van der Waals surface area (Å²) in [7, 11) is 0. The molecule has 0 radical (unpaired) electrons. The minimum absolute atomic E-state index is 0.0901. The molecular weight excluding hydrogens is 496 g/mol. The number of hydroxylamine groups is 2. The van der Waals surface area contributed by atoms with Gasteiger partial charge in [0.15, 0.2) is 0 Å². The monoisotopic (exact) mass is 524 g/mol. The van der Waals surface area contributed by atoms with Gasteiger partial charge < -0.3 is 14.9 Å². The van der Waals surface area contributed by atoms with Crippen molar-refractivity contribution in [2.45, 2.75) is 44.6 Å². The zero-order valence-corrected chi connectivity index (χ0v) is 21.7. The quantitative estimate of drug-likeness (QED) is 0.459. The normalized spacial score (nSPS) is 20.8. The summed E-state index contributed by atoms with van der Waals surface area (Å²) in [5.74, 6) is -2.42. The van der Waals surface area contributed by atoms with E-state index in [0.29, 0.717) is 11.5 Å². The maximum atomic E-state index is 13.5. The van der Waals surface area contributed by atoms with Crippen LogP contribution in [-0.2, 0) is 14.4 Å². The first-order valence-corrected chi connectivity index (χ1v) is 13.0. The standard InChI is InChI=1S/C31H28N2O6/c1-30(2)15-16-31(18-30,28(36)39-33-26(34)23-13-7-8-14-24(23)27(33)35)32-29(37)38-17-25-21-11-5-3-9-19(21)20-10-4-6-12-22(20)25/h3-14,25H,15-18H2,1-2H3,(H,32,37). The predicted octanol–water partition coefficient (Wildman–Crippen LogP) is 5.23. The Morgan fingerprint density at radius 3 is 1.85 bits per heavy atom. The summed E-state index contributed by atoms with van der Waals surface area (Å²) >= 11 is 0. The van der Waals surface area contributed by atoms with Crippen molar-refractivity contribution in [3.8, 4) is 11.1 Å². The van der Waals surface area contributed by atoms with Crippen molar-refractivity contribution in [2.24, 2.45) is 5.41 Å². The van der Waals surface area contributed by atoms with E-state index in [-0.39, 0.29) is 41.9 Å². The van der Waals surface area contributed by atoms with Gasteiger partial charge in [0.1, 0.15) is 12.1 Å². The second kappa shape index (κ2) is 9.08. The van der Waals surface area contributed by atoms with Crippen LogP contribution in [0.5, 0.6) is 0 Å². The van der Waals surface area contributed by atoms with Gasteiger partial charge in [-0.1, -0.05) is 79.6 Å². The number of fused-ring (bicyclic) bond motifs is 4. The van der Waals surface area contributed by atoms with Crippen LogP contribution in [0.3, 0.4) is 0 Å². The Labute approximate surface area is 225 Å². The average molecular weight is 525 g/mol. The molecule has 8 nitrogen and oxygen atoms in total. The van der Waals surface area contributed by atoms with Crippen LogP contribution in [0.15, 0.2) is 72.8 Å². The maximum absolute atomic E-state index is 13.5. The van der Waals surface area contributed by atoms with E-state index in [1.54, 1.807) is 12.1 Å². The summed E-state index contributed by atoms with van der Waals surface area (Å²) in [5.41, 5.74) is 2.99. The first-order chi connectivity index (χ1) is 18.7. The number of alkyl carbamates (subject to hydrolysis) is 1. The van der Waals surface area contributed by atoms with Gasteiger partial charge in [-0.25, -0.2) is 9.59 Å². The van der Waals surface area contributed by atoms with Gasteiger partial charge in [-0.3, -0.25) is 9.59 Å². The van der Waals surface area contributed by atoms with Crippen molar-refractivity contribution < 1.29 is 28.8 Å². The molecule has 3 amide bonds. The first kappa shape index (κ1) is 24.9. The van der Waals surface area contributed by atoms with Crippen LogP contribution >= 0.6 is 0 Å². The number of carbonyl (C=O) groups excluding carboxylic acids is 4. The third-order valence-electron chi connectivity index (χ3n) is 8.02. The van der Waals surface area contributed by atoms with Crippen molar-refractivity contribution in [2.75, 3.05) is 6.61 Å². The molecule has 0 saturated heterocycles. The van der Waals surface area contributed by atoms with Gasteiger partial charge in [-0.15, -0.1) is 0 Å². The van der Waals surface area contributed by atoms with Crippen molar-refractivity contribution in [1.82, 2.24) is 10.4 Å². The molecule has 2 aliphatic carbocycles. The number of nitrogens with one attached hydrogen (secondary N) is 1. The summed E-state index contributed by atoms with van der Waals surface area (Å²) in [6, 6.07) is 22.3. The van der Waals surface area contributed by atoms with Crippen molar-refractivity contribution in [1.29, 1.82) is 0 Å². The number of hydrogen-bond donors (Lipinski definition) is 1. The van der Waals surface area contributed by atoms with E-state index in [1.807, 2.05) is 50.2 Å². The summed E-state index contributed by atoms with van der Waals surface area (Å²) in [6.07, 6.45) is 0.431. The average Bonchev–Trinajstić information content (AvgIpc) is 3.51. The van der Waals surface area contributed by atoms with Gasteiger partial charge in [-0.05, 0) is 59.1 Å². The molecule has 1 fully saturated rings. The highest BCUT2D eigenvalue weighted by Gasteiger charge is 2.53. The molecular formula is C31H28N2O6. The summed E-state index contributed by atoms with van der Waals surface area (Å²) in [6.45, 7) is 4.07. The molecule has 1 heterocycles. The molecule has 0 aromatic heterocycles. The number of benzene rings is 3. The van der Waals surface area contributed by atoms with Crippen molar-refractivity contribution >= 4 is 23.9 Å². The number of imide groups is 1. The van der Waals surface area contributed by atoms with Gasteiger partial charge in [0, 0.05) is 5.92 Å². The number of nitrogens with zero attached hydrogens (tertiary/aromatic N) is 1. The molecule has 3 aromatic rings.